The third kappa shape index (κ3) is 6.67. The summed E-state index contributed by atoms with van der Waals surface area (Å²) in [5.41, 5.74) is 0. The van der Waals surface area contributed by atoms with Gasteiger partial charge in [-0.25, -0.2) is 4.79 Å². The smallest absolute Gasteiger partial charge is 0.327 e. The lowest BCUT2D eigenvalue weighted by Crippen LogP contribution is -2.44. The molecule has 8 heteroatoms. The van der Waals surface area contributed by atoms with Gasteiger partial charge in [-0.1, -0.05) is 0 Å². The first-order valence-corrected chi connectivity index (χ1v) is 6.28. The molecule has 0 heterocycles. The first-order valence-electron chi connectivity index (χ1n) is 4.79. The van der Waals surface area contributed by atoms with Crippen molar-refractivity contribution in [3.05, 3.63) is 0 Å². The van der Waals surface area contributed by atoms with Gasteiger partial charge in [-0.3, -0.25) is 13.8 Å². The SMILES string of the molecule is CC(=O)N[C@@H](CS(=O)CC(=O)N(C)C)C(=O)O. The lowest BCUT2D eigenvalue weighted by atomic mass is 10.3. The van der Waals surface area contributed by atoms with Gasteiger partial charge in [0.1, 0.15) is 11.8 Å². The molecule has 0 spiro atoms. The van der Waals surface area contributed by atoms with Crippen molar-refractivity contribution in [1.82, 2.24) is 10.2 Å². The summed E-state index contributed by atoms with van der Waals surface area (Å²) < 4.78 is 11.5. The van der Waals surface area contributed by atoms with E-state index in [2.05, 4.69) is 5.32 Å². The lowest BCUT2D eigenvalue weighted by molar-refractivity contribution is -0.140. The van der Waals surface area contributed by atoms with Gasteiger partial charge >= 0.3 is 5.97 Å². The van der Waals surface area contributed by atoms with Crippen LogP contribution in [-0.4, -0.2) is 63.6 Å². The number of nitrogens with one attached hydrogen (secondary N) is 1. The van der Waals surface area contributed by atoms with Crippen LogP contribution >= 0.6 is 0 Å². The number of carbonyl (C=O) groups excluding carboxylic acids is 2. The minimum atomic E-state index is -1.62. The summed E-state index contributed by atoms with van der Waals surface area (Å²) in [6.07, 6.45) is 0. The number of amides is 2. The maximum Gasteiger partial charge on any atom is 0.327 e. The Balaban J connectivity index is 4.36. The fraction of sp³-hybridized carbons (Fsp3) is 0.667. The molecule has 0 saturated carbocycles. The highest BCUT2D eigenvalue weighted by Crippen LogP contribution is 1.93. The Labute approximate surface area is 102 Å². The van der Waals surface area contributed by atoms with E-state index in [1.54, 1.807) is 0 Å². The average molecular weight is 264 g/mol. The van der Waals surface area contributed by atoms with Gasteiger partial charge in [0.05, 0.1) is 5.75 Å². The molecule has 0 rings (SSSR count). The molecule has 0 aliphatic carbocycles. The molecule has 0 fully saturated rings. The minimum Gasteiger partial charge on any atom is -0.480 e. The number of hydrogen-bond donors (Lipinski definition) is 2. The summed E-state index contributed by atoms with van der Waals surface area (Å²) >= 11 is 0. The summed E-state index contributed by atoms with van der Waals surface area (Å²) in [7, 11) is 1.41. The number of carbonyl (C=O) groups is 3. The van der Waals surface area contributed by atoms with E-state index in [1.165, 1.54) is 25.9 Å². The fourth-order valence-electron chi connectivity index (χ4n) is 0.932. The number of nitrogens with zero attached hydrogens (tertiary/aromatic N) is 1. The van der Waals surface area contributed by atoms with E-state index in [0.717, 1.165) is 0 Å². The molecule has 1 unspecified atom stereocenters. The Bertz CT molecular complexity index is 342. The van der Waals surface area contributed by atoms with Crippen LogP contribution in [0.4, 0.5) is 0 Å². The number of carboxylic acids is 1. The standard InChI is InChI=1S/C9H16N2O5S/c1-6(12)10-7(9(14)15)4-17(16)5-8(13)11(2)3/h7H,4-5H2,1-3H3,(H,10,12)(H,14,15)/t7-,17?/m0/s1. The number of hydrogen-bond acceptors (Lipinski definition) is 4. The van der Waals surface area contributed by atoms with Gasteiger partial charge in [-0.15, -0.1) is 0 Å². The Kier molecular flexibility index (Phi) is 6.40. The predicted molar refractivity (Wildman–Crippen MR) is 61.8 cm³/mol. The number of carboxylic acid groups (broad SMARTS) is 1. The summed E-state index contributed by atoms with van der Waals surface area (Å²) in [6.45, 7) is 1.17. The van der Waals surface area contributed by atoms with Crippen LogP contribution in [0.2, 0.25) is 0 Å². The second kappa shape index (κ2) is 7.00. The highest BCUT2D eigenvalue weighted by Gasteiger charge is 2.22. The van der Waals surface area contributed by atoms with Crippen LogP contribution in [0.15, 0.2) is 0 Å². The normalized spacial score (nSPS) is 13.6. The molecule has 2 N–H and O–H groups in total. The predicted octanol–water partition coefficient (Wildman–Crippen LogP) is -1.59. The van der Waals surface area contributed by atoms with Gasteiger partial charge in [0.25, 0.3) is 0 Å². The van der Waals surface area contributed by atoms with Crippen LogP contribution in [0.1, 0.15) is 6.92 Å². The van der Waals surface area contributed by atoms with Crippen molar-refractivity contribution in [2.24, 2.45) is 0 Å². The summed E-state index contributed by atoms with van der Waals surface area (Å²) in [5, 5.41) is 10.9. The molecule has 0 aliphatic rings. The molecular formula is C9H16N2O5S. The van der Waals surface area contributed by atoms with Crippen LogP contribution < -0.4 is 5.32 Å². The monoisotopic (exact) mass is 264 g/mol. The molecule has 98 valence electrons. The van der Waals surface area contributed by atoms with Crippen molar-refractivity contribution in [2.75, 3.05) is 25.6 Å². The van der Waals surface area contributed by atoms with Crippen molar-refractivity contribution in [3.8, 4) is 0 Å². The molecule has 0 bridgehead atoms. The van der Waals surface area contributed by atoms with E-state index < -0.39 is 28.7 Å². The molecule has 0 aromatic carbocycles. The van der Waals surface area contributed by atoms with E-state index in [9.17, 15) is 18.6 Å². The lowest BCUT2D eigenvalue weighted by Gasteiger charge is -2.14. The molecule has 2 amide bonds. The third-order valence-corrected chi connectivity index (χ3v) is 3.09. The molecule has 0 saturated heterocycles. The van der Waals surface area contributed by atoms with E-state index in [1.807, 2.05) is 0 Å². The maximum absolute atomic E-state index is 11.5. The molecule has 0 aliphatic heterocycles. The minimum absolute atomic E-state index is 0.254. The highest BCUT2D eigenvalue weighted by atomic mass is 32.2. The molecular weight excluding hydrogens is 248 g/mol. The molecule has 0 aromatic rings. The van der Waals surface area contributed by atoms with E-state index >= 15 is 0 Å². The molecule has 0 aromatic heterocycles. The number of aliphatic carboxylic acids is 1. The Hall–Kier alpha value is -1.44. The Morgan fingerprint density at radius 3 is 2.24 bits per heavy atom. The van der Waals surface area contributed by atoms with Crippen LogP contribution in [0.25, 0.3) is 0 Å². The van der Waals surface area contributed by atoms with Crippen molar-refractivity contribution in [1.29, 1.82) is 0 Å². The van der Waals surface area contributed by atoms with Gasteiger partial charge in [-0.05, 0) is 0 Å². The van der Waals surface area contributed by atoms with Gasteiger partial charge in [0.15, 0.2) is 0 Å². The van der Waals surface area contributed by atoms with Crippen molar-refractivity contribution in [2.45, 2.75) is 13.0 Å². The molecule has 0 radical (unpaired) electrons. The first-order chi connectivity index (χ1) is 7.73. The van der Waals surface area contributed by atoms with E-state index in [-0.39, 0.29) is 17.4 Å². The first kappa shape index (κ1) is 15.6. The summed E-state index contributed by atoms with van der Waals surface area (Å²) in [6, 6.07) is -1.23. The molecule has 7 nitrogen and oxygen atoms in total. The zero-order valence-electron chi connectivity index (χ0n) is 9.93. The van der Waals surface area contributed by atoms with E-state index in [4.69, 9.17) is 5.11 Å². The van der Waals surface area contributed by atoms with Crippen LogP contribution in [-0.2, 0) is 25.2 Å². The largest absolute Gasteiger partial charge is 0.480 e. The Morgan fingerprint density at radius 1 is 1.35 bits per heavy atom. The van der Waals surface area contributed by atoms with Gasteiger partial charge < -0.3 is 15.3 Å². The van der Waals surface area contributed by atoms with Gasteiger partial charge in [0, 0.05) is 31.8 Å². The second-order valence-electron chi connectivity index (χ2n) is 3.63. The highest BCUT2D eigenvalue weighted by molar-refractivity contribution is 7.85. The quantitative estimate of drug-likeness (QED) is 0.602. The van der Waals surface area contributed by atoms with Crippen molar-refractivity contribution >= 4 is 28.6 Å². The zero-order valence-corrected chi connectivity index (χ0v) is 10.7. The third-order valence-electron chi connectivity index (χ3n) is 1.81. The second-order valence-corrected chi connectivity index (χ2v) is 5.13. The molecule has 17 heavy (non-hydrogen) atoms. The number of rotatable bonds is 6. The molecule has 2 atom stereocenters. The van der Waals surface area contributed by atoms with E-state index in [0.29, 0.717) is 0 Å². The van der Waals surface area contributed by atoms with Crippen molar-refractivity contribution < 1.29 is 23.7 Å². The van der Waals surface area contributed by atoms with Crippen LogP contribution in [0.5, 0.6) is 0 Å². The van der Waals surface area contributed by atoms with Crippen molar-refractivity contribution in [3.63, 3.8) is 0 Å². The Morgan fingerprint density at radius 2 is 1.88 bits per heavy atom. The maximum atomic E-state index is 11.5. The summed E-state index contributed by atoms with van der Waals surface area (Å²) in [4.78, 5) is 34.0. The van der Waals surface area contributed by atoms with Crippen LogP contribution in [0.3, 0.4) is 0 Å². The zero-order chi connectivity index (χ0) is 13.6. The average Bonchev–Trinajstić information content (AvgIpc) is 2.15. The fourth-order valence-corrected chi connectivity index (χ4v) is 2.18. The topological polar surface area (TPSA) is 104 Å². The van der Waals surface area contributed by atoms with Crippen LogP contribution in [0, 0.1) is 0 Å². The van der Waals surface area contributed by atoms with Gasteiger partial charge in [0.2, 0.25) is 11.8 Å². The summed E-state index contributed by atoms with van der Waals surface area (Å²) in [5.74, 6) is -2.68. The van der Waals surface area contributed by atoms with Gasteiger partial charge in [-0.2, -0.15) is 0 Å².